The lowest BCUT2D eigenvalue weighted by molar-refractivity contribution is 0.345. The number of fused-ring (bicyclic) bond motifs is 2. The van der Waals surface area contributed by atoms with Crippen LogP contribution in [0, 0.1) is 0 Å². The van der Waals surface area contributed by atoms with Gasteiger partial charge < -0.3 is 5.32 Å². The fourth-order valence-corrected chi connectivity index (χ4v) is 4.86. The monoisotopic (exact) mass is 378 g/mol. The molecular weight excluding hydrogens is 364 g/mol. The summed E-state index contributed by atoms with van der Waals surface area (Å²) in [6.07, 6.45) is 4.01. The SMILES string of the molecule is O=S(=O)(NC1CC2CCC(C1)N2)c1ccc(Br)c(Cl)c1. The summed E-state index contributed by atoms with van der Waals surface area (Å²) >= 11 is 9.23. The lowest BCUT2D eigenvalue weighted by Gasteiger charge is -2.29. The molecule has 2 bridgehead atoms. The summed E-state index contributed by atoms with van der Waals surface area (Å²) in [5.41, 5.74) is 0. The molecule has 1 aromatic rings. The molecular formula is C13H16BrClN2O2S. The van der Waals surface area contributed by atoms with Crippen molar-refractivity contribution in [3.63, 3.8) is 0 Å². The predicted molar refractivity (Wildman–Crippen MR) is 82.4 cm³/mol. The minimum Gasteiger partial charge on any atom is -0.311 e. The minimum atomic E-state index is -3.50. The van der Waals surface area contributed by atoms with Crippen molar-refractivity contribution in [3.05, 3.63) is 27.7 Å². The number of halogens is 2. The van der Waals surface area contributed by atoms with Gasteiger partial charge in [-0.15, -0.1) is 0 Å². The molecule has 0 aromatic heterocycles. The van der Waals surface area contributed by atoms with Gasteiger partial charge in [-0.1, -0.05) is 11.6 Å². The number of piperidine rings is 1. The average molecular weight is 380 g/mol. The van der Waals surface area contributed by atoms with Crippen molar-refractivity contribution in [3.8, 4) is 0 Å². The van der Waals surface area contributed by atoms with E-state index >= 15 is 0 Å². The molecule has 2 aliphatic heterocycles. The Hall–Kier alpha value is -0.140. The summed E-state index contributed by atoms with van der Waals surface area (Å²) in [7, 11) is -3.50. The summed E-state index contributed by atoms with van der Waals surface area (Å²) in [4.78, 5) is 0.219. The lowest BCUT2D eigenvalue weighted by Crippen LogP contribution is -2.47. The molecule has 7 heteroatoms. The van der Waals surface area contributed by atoms with Gasteiger partial charge in [0.2, 0.25) is 10.0 Å². The number of benzene rings is 1. The van der Waals surface area contributed by atoms with Crippen molar-refractivity contribution in [1.29, 1.82) is 0 Å². The van der Waals surface area contributed by atoms with Gasteiger partial charge in [-0.3, -0.25) is 0 Å². The van der Waals surface area contributed by atoms with Crippen LogP contribution in [0.2, 0.25) is 5.02 Å². The summed E-state index contributed by atoms with van der Waals surface area (Å²) in [5.74, 6) is 0. The fraction of sp³-hybridized carbons (Fsp3) is 0.538. The van der Waals surface area contributed by atoms with E-state index in [1.54, 1.807) is 12.1 Å². The van der Waals surface area contributed by atoms with Crippen molar-refractivity contribution >= 4 is 37.6 Å². The topological polar surface area (TPSA) is 58.2 Å². The molecule has 2 atom stereocenters. The second-order valence-corrected chi connectivity index (χ2v) is 8.48. The first kappa shape index (κ1) is 14.8. The van der Waals surface area contributed by atoms with Crippen LogP contribution in [0.15, 0.2) is 27.6 Å². The van der Waals surface area contributed by atoms with Crippen LogP contribution in [-0.4, -0.2) is 26.5 Å². The van der Waals surface area contributed by atoms with E-state index in [1.807, 2.05) is 0 Å². The highest BCUT2D eigenvalue weighted by Gasteiger charge is 2.35. The van der Waals surface area contributed by atoms with Crippen LogP contribution in [0.3, 0.4) is 0 Å². The van der Waals surface area contributed by atoms with Crippen molar-refractivity contribution in [2.45, 2.75) is 48.7 Å². The third-order valence-electron chi connectivity index (χ3n) is 4.00. The van der Waals surface area contributed by atoms with Gasteiger partial charge >= 0.3 is 0 Å². The number of rotatable bonds is 3. The normalized spacial score (nSPS) is 29.6. The molecule has 1 aromatic carbocycles. The third kappa shape index (κ3) is 3.04. The molecule has 2 unspecified atom stereocenters. The molecule has 0 saturated carbocycles. The molecule has 0 spiro atoms. The van der Waals surface area contributed by atoms with Crippen LogP contribution < -0.4 is 10.0 Å². The molecule has 110 valence electrons. The first-order chi connectivity index (χ1) is 9.44. The molecule has 0 aliphatic carbocycles. The average Bonchev–Trinajstić information content (AvgIpc) is 2.71. The summed E-state index contributed by atoms with van der Waals surface area (Å²) in [5, 5.41) is 3.90. The van der Waals surface area contributed by atoms with E-state index in [0.717, 1.165) is 25.7 Å². The maximum absolute atomic E-state index is 12.4. The Morgan fingerprint density at radius 2 is 1.90 bits per heavy atom. The molecule has 0 radical (unpaired) electrons. The zero-order chi connectivity index (χ0) is 14.3. The van der Waals surface area contributed by atoms with Gasteiger partial charge in [-0.2, -0.15) is 0 Å². The van der Waals surface area contributed by atoms with Gasteiger partial charge in [-0.25, -0.2) is 13.1 Å². The van der Waals surface area contributed by atoms with E-state index < -0.39 is 10.0 Å². The van der Waals surface area contributed by atoms with Crippen LogP contribution in [-0.2, 0) is 10.0 Å². The third-order valence-corrected chi connectivity index (χ3v) is 6.75. The summed E-state index contributed by atoms with van der Waals surface area (Å²) in [6, 6.07) is 5.62. The zero-order valence-electron chi connectivity index (χ0n) is 10.8. The molecule has 4 nitrogen and oxygen atoms in total. The molecule has 2 saturated heterocycles. The number of hydrogen-bond donors (Lipinski definition) is 2. The van der Waals surface area contributed by atoms with Crippen molar-refractivity contribution in [2.24, 2.45) is 0 Å². The van der Waals surface area contributed by atoms with E-state index in [2.05, 4.69) is 26.0 Å². The molecule has 2 fully saturated rings. The van der Waals surface area contributed by atoms with Crippen LogP contribution in [0.1, 0.15) is 25.7 Å². The van der Waals surface area contributed by atoms with Gasteiger partial charge in [0.1, 0.15) is 0 Å². The molecule has 3 rings (SSSR count). The molecule has 2 heterocycles. The quantitative estimate of drug-likeness (QED) is 0.849. The second-order valence-electron chi connectivity index (χ2n) is 5.50. The Kier molecular flexibility index (Phi) is 4.12. The Labute approximate surface area is 132 Å². The minimum absolute atomic E-state index is 0.0150. The first-order valence-corrected chi connectivity index (χ1v) is 9.33. The maximum atomic E-state index is 12.4. The van der Waals surface area contributed by atoms with Crippen LogP contribution in [0.5, 0.6) is 0 Å². The standard InChI is InChI=1S/C13H16BrClN2O2S/c14-12-4-3-11(7-13(12)15)20(18,19)17-10-5-8-1-2-9(6-10)16-8/h3-4,7-10,16-17H,1-2,5-6H2. The highest BCUT2D eigenvalue weighted by Crippen LogP contribution is 2.29. The van der Waals surface area contributed by atoms with Gasteiger partial charge in [0.05, 0.1) is 9.92 Å². The van der Waals surface area contributed by atoms with Crippen LogP contribution >= 0.6 is 27.5 Å². The molecule has 0 amide bonds. The highest BCUT2D eigenvalue weighted by atomic mass is 79.9. The van der Waals surface area contributed by atoms with Gasteiger partial charge in [0.25, 0.3) is 0 Å². The largest absolute Gasteiger partial charge is 0.311 e. The van der Waals surface area contributed by atoms with E-state index in [1.165, 1.54) is 6.07 Å². The van der Waals surface area contributed by atoms with E-state index in [4.69, 9.17) is 11.6 Å². The highest BCUT2D eigenvalue weighted by molar-refractivity contribution is 9.10. The zero-order valence-corrected chi connectivity index (χ0v) is 13.9. The molecule has 2 N–H and O–H groups in total. The van der Waals surface area contributed by atoms with Crippen molar-refractivity contribution < 1.29 is 8.42 Å². The number of hydrogen-bond acceptors (Lipinski definition) is 3. The van der Waals surface area contributed by atoms with Gasteiger partial charge in [0.15, 0.2) is 0 Å². The second kappa shape index (κ2) is 5.57. The first-order valence-electron chi connectivity index (χ1n) is 6.67. The van der Waals surface area contributed by atoms with Gasteiger partial charge in [-0.05, 0) is 59.8 Å². The van der Waals surface area contributed by atoms with E-state index in [9.17, 15) is 8.42 Å². The van der Waals surface area contributed by atoms with Crippen molar-refractivity contribution in [1.82, 2.24) is 10.0 Å². The number of nitrogens with one attached hydrogen (secondary N) is 2. The van der Waals surface area contributed by atoms with Gasteiger partial charge in [0, 0.05) is 22.6 Å². The van der Waals surface area contributed by atoms with Crippen molar-refractivity contribution in [2.75, 3.05) is 0 Å². The Balaban J connectivity index is 1.76. The molecule has 20 heavy (non-hydrogen) atoms. The molecule has 2 aliphatic rings. The summed E-state index contributed by atoms with van der Waals surface area (Å²) in [6.45, 7) is 0. The maximum Gasteiger partial charge on any atom is 0.240 e. The van der Waals surface area contributed by atoms with E-state index in [0.29, 0.717) is 21.6 Å². The Morgan fingerprint density at radius 1 is 1.25 bits per heavy atom. The van der Waals surface area contributed by atoms with Crippen LogP contribution in [0.4, 0.5) is 0 Å². The lowest BCUT2D eigenvalue weighted by atomic mass is 10.0. The predicted octanol–water partition coefficient (Wildman–Crippen LogP) is 2.66. The Bertz CT molecular complexity index is 611. The van der Waals surface area contributed by atoms with Crippen LogP contribution in [0.25, 0.3) is 0 Å². The smallest absolute Gasteiger partial charge is 0.240 e. The summed E-state index contributed by atoms with van der Waals surface area (Å²) < 4.78 is 28.3. The fourth-order valence-electron chi connectivity index (χ4n) is 3.08. The Morgan fingerprint density at radius 3 is 2.50 bits per heavy atom. The number of sulfonamides is 1. The van der Waals surface area contributed by atoms with E-state index in [-0.39, 0.29) is 10.9 Å².